The van der Waals surface area contributed by atoms with E-state index in [9.17, 15) is 4.57 Å². The molecule has 1 heterocycles. The highest BCUT2D eigenvalue weighted by molar-refractivity contribution is 7.60. The Bertz CT molecular complexity index is 292. The van der Waals surface area contributed by atoms with Crippen molar-refractivity contribution in [2.75, 3.05) is 7.11 Å². The molecule has 5 heteroatoms. The molecule has 0 aliphatic carbocycles. The van der Waals surface area contributed by atoms with E-state index in [0.29, 0.717) is 0 Å². The molecule has 0 amide bonds. The zero-order valence-electron chi connectivity index (χ0n) is 12.5. The van der Waals surface area contributed by atoms with Gasteiger partial charge in [0.05, 0.1) is 0 Å². The highest BCUT2D eigenvalue weighted by atomic mass is 31.2. The molecule has 18 heavy (non-hydrogen) atoms. The lowest BCUT2D eigenvalue weighted by molar-refractivity contribution is -0.220. The highest BCUT2D eigenvalue weighted by Gasteiger charge is 2.52. The molecule has 0 saturated carbocycles. The topological polar surface area (TPSA) is 44.8 Å². The molecule has 0 aromatic carbocycles. The van der Waals surface area contributed by atoms with Crippen molar-refractivity contribution in [1.82, 2.24) is 0 Å². The van der Waals surface area contributed by atoms with Crippen LogP contribution in [0.4, 0.5) is 0 Å². The average Bonchev–Trinajstić information content (AvgIpc) is 2.27. The van der Waals surface area contributed by atoms with Gasteiger partial charge in [-0.2, -0.15) is 0 Å². The van der Waals surface area contributed by atoms with Crippen molar-refractivity contribution >= 4 is 7.37 Å². The van der Waals surface area contributed by atoms with Gasteiger partial charge >= 0.3 is 0 Å². The smallest absolute Gasteiger partial charge is 0.259 e. The number of ether oxygens (including phenoxy) is 2. The van der Waals surface area contributed by atoms with E-state index in [1.54, 1.807) is 0 Å². The van der Waals surface area contributed by atoms with Crippen molar-refractivity contribution in [2.45, 2.75) is 59.5 Å². The summed E-state index contributed by atoms with van der Waals surface area (Å²) in [6, 6.07) is 0. The summed E-state index contributed by atoms with van der Waals surface area (Å²) in [5.41, 5.74) is 0. The fourth-order valence-corrected chi connectivity index (χ4v) is 5.24. The van der Waals surface area contributed by atoms with Crippen LogP contribution in [0.15, 0.2) is 0 Å². The van der Waals surface area contributed by atoms with Crippen molar-refractivity contribution in [2.24, 2.45) is 17.8 Å². The van der Waals surface area contributed by atoms with Crippen molar-refractivity contribution in [3.63, 3.8) is 0 Å². The Morgan fingerprint density at radius 3 is 1.50 bits per heavy atom. The first kappa shape index (κ1) is 16.2. The molecule has 0 aromatic rings. The first-order valence-electron chi connectivity index (χ1n) is 6.70. The van der Waals surface area contributed by atoms with Crippen molar-refractivity contribution < 1.29 is 18.6 Å². The zero-order chi connectivity index (χ0) is 14.1. The van der Waals surface area contributed by atoms with E-state index in [-0.39, 0.29) is 35.7 Å². The van der Waals surface area contributed by atoms with Gasteiger partial charge in [-0.25, -0.2) is 0 Å². The maximum Gasteiger partial charge on any atom is 0.259 e. The van der Waals surface area contributed by atoms with Crippen LogP contribution in [0.5, 0.6) is 0 Å². The van der Waals surface area contributed by atoms with Crippen molar-refractivity contribution in [3.8, 4) is 0 Å². The fourth-order valence-electron chi connectivity index (χ4n) is 2.29. The van der Waals surface area contributed by atoms with E-state index >= 15 is 0 Å². The van der Waals surface area contributed by atoms with Gasteiger partial charge in [-0.05, 0) is 11.8 Å². The lowest BCUT2D eigenvalue weighted by Gasteiger charge is -2.45. The summed E-state index contributed by atoms with van der Waals surface area (Å²) in [5, 5.41) is 0. The second-order valence-corrected chi connectivity index (χ2v) is 8.66. The Balaban J connectivity index is 3.10. The molecule has 1 saturated heterocycles. The summed E-state index contributed by atoms with van der Waals surface area (Å²) in [5.74, 6) is -0.241. The number of hydrogen-bond acceptors (Lipinski definition) is 4. The molecule has 0 spiro atoms. The first-order valence-corrected chi connectivity index (χ1v) is 8.46. The van der Waals surface area contributed by atoms with E-state index in [4.69, 9.17) is 14.0 Å². The van der Waals surface area contributed by atoms with Gasteiger partial charge < -0.3 is 14.0 Å². The van der Waals surface area contributed by atoms with Crippen LogP contribution in [0.25, 0.3) is 0 Å². The third kappa shape index (κ3) is 2.98. The third-order valence-electron chi connectivity index (χ3n) is 3.23. The normalized spacial score (nSPS) is 37.8. The molecule has 1 aliphatic heterocycles. The molecular weight excluding hydrogens is 251 g/mol. The van der Waals surface area contributed by atoms with Crippen LogP contribution in [0.2, 0.25) is 0 Å². The van der Waals surface area contributed by atoms with Crippen LogP contribution in [0.1, 0.15) is 41.5 Å². The quantitative estimate of drug-likeness (QED) is 0.731. The summed E-state index contributed by atoms with van der Waals surface area (Å²) in [6.45, 7) is 12.1. The summed E-state index contributed by atoms with van der Waals surface area (Å²) in [6.07, 6.45) is -0.304. The summed E-state index contributed by atoms with van der Waals surface area (Å²) >= 11 is 0. The van der Waals surface area contributed by atoms with Crippen LogP contribution in [0, 0.1) is 17.8 Å². The van der Waals surface area contributed by atoms with Gasteiger partial charge in [-0.15, -0.1) is 0 Å². The van der Waals surface area contributed by atoms with E-state index in [0.717, 1.165) is 0 Å². The van der Waals surface area contributed by atoms with E-state index in [1.807, 2.05) is 41.5 Å². The standard InChI is InChI=1S/C13H27O4P/c1-8(2)11-16-12(9(3)4)18(14,15-7)13(17-11)10(5)6/h8-13H,1-7H3. The van der Waals surface area contributed by atoms with Crippen LogP contribution < -0.4 is 0 Å². The summed E-state index contributed by atoms with van der Waals surface area (Å²) < 4.78 is 30.2. The van der Waals surface area contributed by atoms with E-state index in [1.165, 1.54) is 7.11 Å². The van der Waals surface area contributed by atoms with Gasteiger partial charge in [0.1, 0.15) is 11.7 Å². The summed E-state index contributed by atoms with van der Waals surface area (Å²) in [4.78, 5) is 0. The van der Waals surface area contributed by atoms with Gasteiger partial charge in [-0.1, -0.05) is 41.5 Å². The van der Waals surface area contributed by atoms with Gasteiger partial charge in [-0.3, -0.25) is 4.57 Å². The minimum atomic E-state index is -2.95. The van der Waals surface area contributed by atoms with Crippen LogP contribution in [0.3, 0.4) is 0 Å². The Hall–Kier alpha value is 0.110. The zero-order valence-corrected chi connectivity index (χ0v) is 13.4. The fraction of sp³-hybridized carbons (Fsp3) is 1.00. The van der Waals surface area contributed by atoms with Gasteiger partial charge in [0.25, 0.3) is 7.37 Å². The molecule has 1 aliphatic rings. The minimum Gasteiger partial charge on any atom is -0.339 e. The second-order valence-electron chi connectivity index (χ2n) is 5.98. The number of rotatable bonds is 4. The first-order chi connectivity index (χ1) is 8.24. The average molecular weight is 278 g/mol. The predicted octanol–water partition coefficient (Wildman–Crippen LogP) is 3.90. The van der Waals surface area contributed by atoms with Crippen LogP contribution >= 0.6 is 7.37 Å². The van der Waals surface area contributed by atoms with Crippen LogP contribution in [-0.4, -0.2) is 25.1 Å². The maximum atomic E-state index is 13.0. The van der Waals surface area contributed by atoms with E-state index < -0.39 is 7.37 Å². The van der Waals surface area contributed by atoms with Crippen molar-refractivity contribution in [1.29, 1.82) is 0 Å². The Morgan fingerprint density at radius 1 is 0.889 bits per heavy atom. The van der Waals surface area contributed by atoms with Gasteiger partial charge in [0.15, 0.2) is 6.29 Å². The number of hydrogen-bond donors (Lipinski definition) is 0. The predicted molar refractivity (Wildman–Crippen MR) is 72.7 cm³/mol. The minimum absolute atomic E-state index is 0.141. The molecule has 0 radical (unpaired) electrons. The molecule has 2 unspecified atom stereocenters. The van der Waals surface area contributed by atoms with E-state index in [2.05, 4.69) is 0 Å². The Labute approximate surface area is 111 Å². The van der Waals surface area contributed by atoms with Crippen LogP contribution in [-0.2, 0) is 18.6 Å². The Morgan fingerprint density at radius 2 is 1.28 bits per heavy atom. The Kier molecular flexibility index (Phi) is 5.43. The maximum absolute atomic E-state index is 13.0. The largest absolute Gasteiger partial charge is 0.339 e. The van der Waals surface area contributed by atoms with Gasteiger partial charge in [0.2, 0.25) is 0 Å². The van der Waals surface area contributed by atoms with Crippen molar-refractivity contribution in [3.05, 3.63) is 0 Å². The monoisotopic (exact) mass is 278 g/mol. The molecule has 0 bridgehead atoms. The lowest BCUT2D eigenvalue weighted by atomic mass is 10.2. The lowest BCUT2D eigenvalue weighted by Crippen LogP contribution is -2.44. The summed E-state index contributed by atoms with van der Waals surface area (Å²) in [7, 11) is -1.45. The molecule has 2 atom stereocenters. The molecule has 4 nitrogen and oxygen atoms in total. The van der Waals surface area contributed by atoms with Gasteiger partial charge in [0, 0.05) is 13.0 Å². The SMILES string of the molecule is COP1(=O)C(C(C)C)OC(C(C)C)OC1C(C)C. The third-order valence-corrected chi connectivity index (χ3v) is 6.65. The molecule has 0 aromatic heterocycles. The molecule has 1 fully saturated rings. The molecule has 108 valence electrons. The second kappa shape index (κ2) is 6.04. The molecular formula is C13H27O4P. The molecule has 1 rings (SSSR count). The highest BCUT2D eigenvalue weighted by Crippen LogP contribution is 2.63. The molecule has 0 N–H and O–H groups in total.